The number of carbonyl (C=O) groups is 1. The zero-order chi connectivity index (χ0) is 17.9. The van der Waals surface area contributed by atoms with Crippen LogP contribution >= 0.6 is 11.3 Å². The van der Waals surface area contributed by atoms with Crippen LogP contribution in [-0.2, 0) is 0 Å². The van der Waals surface area contributed by atoms with Gasteiger partial charge in [0.15, 0.2) is 5.13 Å². The van der Waals surface area contributed by atoms with Gasteiger partial charge in [0.05, 0.1) is 0 Å². The molecule has 1 aromatic heterocycles. The lowest BCUT2D eigenvalue weighted by Crippen LogP contribution is -2.49. The largest absolute Gasteiger partial charge is 0.359 e. The first kappa shape index (κ1) is 17.9. The SMILES string of the molecule is CC(NC(C)(C)CNC(=O)c1csc(NC2CC2)n1)c1ccccc1. The van der Waals surface area contributed by atoms with Gasteiger partial charge in [-0.2, -0.15) is 0 Å². The lowest BCUT2D eigenvalue weighted by Gasteiger charge is -2.30. The maximum atomic E-state index is 12.3. The number of carbonyl (C=O) groups excluding carboxylic acids is 1. The standard InChI is InChI=1S/C19H26N4OS/c1-13(14-7-5-4-6-8-14)23-19(2,3)12-20-17(24)16-11-25-18(22-16)21-15-9-10-15/h4-8,11,13,15,23H,9-10,12H2,1-3H3,(H,20,24)(H,21,22). The fourth-order valence-corrected chi connectivity index (χ4v) is 3.47. The predicted octanol–water partition coefficient (Wildman–Crippen LogP) is 3.58. The minimum Gasteiger partial charge on any atom is -0.359 e. The second-order valence-corrected chi connectivity index (χ2v) is 8.16. The van der Waals surface area contributed by atoms with Crippen LogP contribution in [0, 0.1) is 0 Å². The molecule has 5 nitrogen and oxygen atoms in total. The summed E-state index contributed by atoms with van der Waals surface area (Å²) < 4.78 is 0. The number of aromatic nitrogens is 1. The van der Waals surface area contributed by atoms with Crippen molar-refractivity contribution in [3.8, 4) is 0 Å². The van der Waals surface area contributed by atoms with E-state index >= 15 is 0 Å². The van der Waals surface area contributed by atoms with E-state index in [-0.39, 0.29) is 17.5 Å². The van der Waals surface area contributed by atoms with Gasteiger partial charge in [0, 0.05) is 29.5 Å². The van der Waals surface area contributed by atoms with Crippen LogP contribution in [0.2, 0.25) is 0 Å². The minimum atomic E-state index is -0.226. The van der Waals surface area contributed by atoms with Crippen LogP contribution in [0.1, 0.15) is 55.7 Å². The normalized spacial score (nSPS) is 15.6. The number of benzene rings is 1. The van der Waals surface area contributed by atoms with Crippen molar-refractivity contribution in [2.45, 2.75) is 51.2 Å². The Labute approximate surface area is 153 Å². The van der Waals surface area contributed by atoms with Crippen molar-refractivity contribution >= 4 is 22.4 Å². The van der Waals surface area contributed by atoms with Gasteiger partial charge in [0.25, 0.3) is 5.91 Å². The van der Waals surface area contributed by atoms with Gasteiger partial charge in [-0.1, -0.05) is 30.3 Å². The van der Waals surface area contributed by atoms with Crippen molar-refractivity contribution in [3.05, 3.63) is 47.0 Å². The summed E-state index contributed by atoms with van der Waals surface area (Å²) >= 11 is 1.49. The van der Waals surface area contributed by atoms with Crippen molar-refractivity contribution in [3.63, 3.8) is 0 Å². The van der Waals surface area contributed by atoms with Crippen molar-refractivity contribution in [2.24, 2.45) is 0 Å². The Morgan fingerprint density at radius 2 is 2.04 bits per heavy atom. The smallest absolute Gasteiger partial charge is 0.270 e. The van der Waals surface area contributed by atoms with Gasteiger partial charge < -0.3 is 16.0 Å². The monoisotopic (exact) mass is 358 g/mol. The van der Waals surface area contributed by atoms with Crippen molar-refractivity contribution in [1.29, 1.82) is 0 Å². The van der Waals surface area contributed by atoms with Crippen molar-refractivity contribution in [1.82, 2.24) is 15.6 Å². The van der Waals surface area contributed by atoms with E-state index in [9.17, 15) is 4.79 Å². The number of rotatable bonds is 8. The van der Waals surface area contributed by atoms with Crippen LogP contribution in [0.25, 0.3) is 0 Å². The van der Waals surface area contributed by atoms with E-state index in [1.807, 2.05) is 23.6 Å². The Hall–Kier alpha value is -1.92. The number of anilines is 1. The topological polar surface area (TPSA) is 66.0 Å². The first-order valence-electron chi connectivity index (χ1n) is 8.76. The molecule has 6 heteroatoms. The summed E-state index contributed by atoms with van der Waals surface area (Å²) in [6.45, 7) is 6.85. The number of hydrogen-bond acceptors (Lipinski definition) is 5. The van der Waals surface area contributed by atoms with E-state index in [0.29, 0.717) is 18.3 Å². The van der Waals surface area contributed by atoms with Gasteiger partial charge in [-0.3, -0.25) is 4.79 Å². The molecule has 1 aliphatic carbocycles. The first-order valence-corrected chi connectivity index (χ1v) is 9.64. The third-order valence-corrected chi connectivity index (χ3v) is 5.01. The number of hydrogen-bond donors (Lipinski definition) is 3. The molecule has 25 heavy (non-hydrogen) atoms. The molecule has 0 spiro atoms. The highest BCUT2D eigenvalue weighted by molar-refractivity contribution is 7.13. The van der Waals surface area contributed by atoms with Gasteiger partial charge in [-0.05, 0) is 39.2 Å². The van der Waals surface area contributed by atoms with Gasteiger partial charge in [-0.25, -0.2) is 4.98 Å². The Morgan fingerprint density at radius 3 is 2.72 bits per heavy atom. The molecule has 1 saturated carbocycles. The third kappa shape index (κ3) is 5.28. The van der Waals surface area contributed by atoms with Crippen LogP contribution < -0.4 is 16.0 Å². The molecule has 0 aliphatic heterocycles. The molecule has 1 unspecified atom stereocenters. The number of nitrogens with zero attached hydrogens (tertiary/aromatic N) is 1. The van der Waals surface area contributed by atoms with E-state index in [1.54, 1.807) is 0 Å². The fourth-order valence-electron chi connectivity index (χ4n) is 2.70. The van der Waals surface area contributed by atoms with Crippen LogP contribution in [-0.4, -0.2) is 29.0 Å². The summed E-state index contributed by atoms with van der Waals surface area (Å²) in [5.41, 5.74) is 1.49. The maximum absolute atomic E-state index is 12.3. The lowest BCUT2D eigenvalue weighted by molar-refractivity contribution is 0.0936. The molecular formula is C19H26N4OS. The molecule has 1 atom stereocenters. The van der Waals surface area contributed by atoms with Gasteiger partial charge in [0.2, 0.25) is 0 Å². The number of thiazole rings is 1. The number of amides is 1. The molecule has 1 aromatic carbocycles. The van der Waals surface area contributed by atoms with E-state index in [0.717, 1.165) is 5.13 Å². The minimum absolute atomic E-state index is 0.123. The molecule has 1 fully saturated rings. The van der Waals surface area contributed by atoms with E-state index < -0.39 is 0 Å². The summed E-state index contributed by atoms with van der Waals surface area (Å²) in [4.78, 5) is 16.7. The molecule has 0 bridgehead atoms. The van der Waals surface area contributed by atoms with Gasteiger partial charge >= 0.3 is 0 Å². The first-order chi connectivity index (χ1) is 11.9. The Morgan fingerprint density at radius 1 is 1.32 bits per heavy atom. The molecule has 2 aromatic rings. The van der Waals surface area contributed by atoms with E-state index in [4.69, 9.17) is 0 Å². The highest BCUT2D eigenvalue weighted by Crippen LogP contribution is 2.26. The van der Waals surface area contributed by atoms with E-state index in [1.165, 1.54) is 29.7 Å². The second kappa shape index (κ2) is 7.54. The molecule has 1 aliphatic rings. The van der Waals surface area contributed by atoms with Crippen molar-refractivity contribution < 1.29 is 4.79 Å². The van der Waals surface area contributed by atoms with Crippen LogP contribution in [0.15, 0.2) is 35.7 Å². The molecule has 3 N–H and O–H groups in total. The summed E-state index contributed by atoms with van der Waals surface area (Å²) in [6.07, 6.45) is 2.39. The summed E-state index contributed by atoms with van der Waals surface area (Å²) in [6, 6.07) is 11.1. The second-order valence-electron chi connectivity index (χ2n) is 7.30. The zero-order valence-electron chi connectivity index (χ0n) is 15.0. The Kier molecular flexibility index (Phi) is 5.39. The molecule has 1 heterocycles. The third-order valence-electron chi connectivity index (χ3n) is 4.24. The average Bonchev–Trinajstić information content (AvgIpc) is 3.28. The summed E-state index contributed by atoms with van der Waals surface area (Å²) in [7, 11) is 0. The molecule has 0 saturated heterocycles. The highest BCUT2D eigenvalue weighted by atomic mass is 32.1. The molecule has 0 radical (unpaired) electrons. The summed E-state index contributed by atoms with van der Waals surface area (Å²) in [5, 5.41) is 12.5. The maximum Gasteiger partial charge on any atom is 0.270 e. The Bertz CT molecular complexity index is 709. The molecule has 134 valence electrons. The van der Waals surface area contributed by atoms with Gasteiger partial charge in [0.1, 0.15) is 5.69 Å². The number of nitrogens with one attached hydrogen (secondary N) is 3. The molecule has 1 amide bonds. The molecule has 3 rings (SSSR count). The van der Waals surface area contributed by atoms with Crippen molar-refractivity contribution in [2.75, 3.05) is 11.9 Å². The Balaban J connectivity index is 1.50. The summed E-state index contributed by atoms with van der Waals surface area (Å²) in [5.74, 6) is -0.123. The zero-order valence-corrected chi connectivity index (χ0v) is 15.8. The van der Waals surface area contributed by atoms with Crippen LogP contribution in [0.5, 0.6) is 0 Å². The van der Waals surface area contributed by atoms with E-state index in [2.05, 4.69) is 53.8 Å². The van der Waals surface area contributed by atoms with Crippen LogP contribution in [0.3, 0.4) is 0 Å². The molecular weight excluding hydrogens is 332 g/mol. The lowest BCUT2D eigenvalue weighted by atomic mass is 10.0. The van der Waals surface area contributed by atoms with Crippen LogP contribution in [0.4, 0.5) is 5.13 Å². The average molecular weight is 359 g/mol. The fraction of sp³-hybridized carbons (Fsp3) is 0.474. The highest BCUT2D eigenvalue weighted by Gasteiger charge is 2.24. The van der Waals surface area contributed by atoms with Gasteiger partial charge in [-0.15, -0.1) is 11.3 Å². The predicted molar refractivity (Wildman–Crippen MR) is 103 cm³/mol. The quantitative estimate of drug-likeness (QED) is 0.675.